The molecule has 0 N–H and O–H groups in total. The first-order chi connectivity index (χ1) is 11.1. The highest BCUT2D eigenvalue weighted by molar-refractivity contribution is 9.10. The molecule has 0 bridgehead atoms. The minimum Gasteiger partial charge on any atom is -0.333 e. The number of rotatable bonds is 1. The molecular weight excluding hydrogens is 380 g/mol. The maximum Gasteiger partial charge on any atom is 0.274 e. The maximum atomic E-state index is 12.8. The number of carbonyl (C=O) groups is 1. The molecule has 4 rings (SSSR count). The van der Waals surface area contributed by atoms with Crippen LogP contribution in [0.2, 0.25) is 5.02 Å². The van der Waals surface area contributed by atoms with Gasteiger partial charge < -0.3 is 4.90 Å². The zero-order valence-corrected chi connectivity index (χ0v) is 14.4. The summed E-state index contributed by atoms with van der Waals surface area (Å²) in [6, 6.07) is 7.81. The average Bonchev–Trinajstić information content (AvgIpc) is 3.00. The fourth-order valence-corrected chi connectivity index (χ4v) is 3.69. The van der Waals surface area contributed by atoms with Crippen LogP contribution in [0, 0.1) is 0 Å². The Labute approximate surface area is 146 Å². The number of carbonyl (C=O) groups excluding carboxylic acids is 1. The smallest absolute Gasteiger partial charge is 0.274 e. The van der Waals surface area contributed by atoms with Gasteiger partial charge in [0.1, 0.15) is 0 Å². The molecule has 0 atom stereocenters. The molecule has 0 spiro atoms. The quantitative estimate of drug-likeness (QED) is 0.639. The first kappa shape index (κ1) is 14.7. The molecule has 0 aliphatic carbocycles. The van der Waals surface area contributed by atoms with E-state index < -0.39 is 0 Å². The molecule has 23 heavy (non-hydrogen) atoms. The normalized spacial score (nSPS) is 14.1. The monoisotopic (exact) mass is 390 g/mol. The summed E-state index contributed by atoms with van der Waals surface area (Å²) in [6.07, 6.45) is 4.06. The summed E-state index contributed by atoms with van der Waals surface area (Å²) in [5.41, 5.74) is 3.30. The third-order valence-corrected chi connectivity index (χ3v) is 5.06. The van der Waals surface area contributed by atoms with Gasteiger partial charge in [0.2, 0.25) is 0 Å². The zero-order chi connectivity index (χ0) is 16.0. The van der Waals surface area contributed by atoms with E-state index in [0.717, 1.165) is 16.5 Å². The summed E-state index contributed by atoms with van der Waals surface area (Å²) in [7, 11) is 0. The summed E-state index contributed by atoms with van der Waals surface area (Å²) < 4.78 is 2.65. The number of hydrogen-bond donors (Lipinski definition) is 0. The number of amides is 1. The highest BCUT2D eigenvalue weighted by Gasteiger charge is 2.25. The van der Waals surface area contributed by atoms with Crippen LogP contribution in [0.15, 0.2) is 41.1 Å². The predicted molar refractivity (Wildman–Crippen MR) is 90.6 cm³/mol. The van der Waals surface area contributed by atoms with Crippen LogP contribution < -0.4 is 0 Å². The fourth-order valence-electron chi connectivity index (χ4n) is 2.87. The van der Waals surface area contributed by atoms with Gasteiger partial charge in [0, 0.05) is 23.6 Å². The molecule has 0 unspecified atom stereocenters. The van der Waals surface area contributed by atoms with E-state index in [0.29, 0.717) is 23.8 Å². The molecule has 116 valence electrons. The van der Waals surface area contributed by atoms with Gasteiger partial charge in [-0.25, -0.2) is 9.50 Å². The lowest BCUT2D eigenvalue weighted by Gasteiger charge is -2.29. The molecule has 1 aromatic carbocycles. The van der Waals surface area contributed by atoms with Crippen LogP contribution in [0.5, 0.6) is 0 Å². The highest BCUT2D eigenvalue weighted by Crippen LogP contribution is 2.27. The van der Waals surface area contributed by atoms with E-state index in [1.54, 1.807) is 27.9 Å². The van der Waals surface area contributed by atoms with E-state index in [4.69, 9.17) is 11.6 Å². The topological polar surface area (TPSA) is 50.5 Å². The third-order valence-electron chi connectivity index (χ3n) is 4.04. The second-order valence-corrected chi connectivity index (χ2v) is 6.69. The lowest BCUT2D eigenvalue weighted by molar-refractivity contribution is 0.0729. The molecule has 1 aliphatic heterocycles. The van der Waals surface area contributed by atoms with Crippen molar-refractivity contribution in [2.75, 3.05) is 6.54 Å². The van der Waals surface area contributed by atoms with Gasteiger partial charge in [-0.1, -0.05) is 39.7 Å². The van der Waals surface area contributed by atoms with E-state index in [2.05, 4.69) is 32.1 Å². The van der Waals surface area contributed by atoms with Crippen LogP contribution in [0.3, 0.4) is 0 Å². The summed E-state index contributed by atoms with van der Waals surface area (Å²) in [5, 5.41) is 4.38. The molecule has 1 aliphatic rings. The van der Waals surface area contributed by atoms with Crippen molar-refractivity contribution in [3.05, 3.63) is 63.0 Å². The molecule has 0 fully saturated rings. The minimum absolute atomic E-state index is 0.149. The molecule has 5 nitrogen and oxygen atoms in total. The lowest BCUT2D eigenvalue weighted by Crippen LogP contribution is -2.36. The minimum atomic E-state index is -0.149. The van der Waals surface area contributed by atoms with Crippen molar-refractivity contribution in [2.24, 2.45) is 0 Å². The first-order valence-electron chi connectivity index (χ1n) is 7.19. The van der Waals surface area contributed by atoms with Crippen molar-refractivity contribution in [1.82, 2.24) is 19.5 Å². The first-order valence-corrected chi connectivity index (χ1v) is 8.36. The molecule has 7 heteroatoms. The molecule has 3 heterocycles. The van der Waals surface area contributed by atoms with Crippen LogP contribution in [0.25, 0.3) is 5.65 Å². The molecule has 0 saturated heterocycles. The van der Waals surface area contributed by atoms with Gasteiger partial charge in [-0.3, -0.25) is 4.79 Å². The van der Waals surface area contributed by atoms with E-state index in [9.17, 15) is 4.79 Å². The van der Waals surface area contributed by atoms with Gasteiger partial charge in [-0.2, -0.15) is 5.10 Å². The maximum absolute atomic E-state index is 12.8. The van der Waals surface area contributed by atoms with Crippen molar-refractivity contribution in [2.45, 2.75) is 13.0 Å². The Morgan fingerprint density at radius 1 is 1.30 bits per heavy atom. The van der Waals surface area contributed by atoms with Crippen molar-refractivity contribution >= 4 is 39.1 Å². The van der Waals surface area contributed by atoms with Crippen LogP contribution in [0.4, 0.5) is 0 Å². The molecule has 3 aromatic rings. The van der Waals surface area contributed by atoms with Crippen LogP contribution in [-0.4, -0.2) is 31.9 Å². The third kappa shape index (κ3) is 2.52. The van der Waals surface area contributed by atoms with Gasteiger partial charge in [-0.05, 0) is 23.6 Å². The Balaban J connectivity index is 1.67. The predicted octanol–water partition coefficient (Wildman–Crippen LogP) is 3.34. The van der Waals surface area contributed by atoms with Crippen molar-refractivity contribution in [3.8, 4) is 0 Å². The Morgan fingerprint density at radius 3 is 3.04 bits per heavy atom. The van der Waals surface area contributed by atoms with E-state index >= 15 is 0 Å². The van der Waals surface area contributed by atoms with Gasteiger partial charge in [-0.15, -0.1) is 0 Å². The summed E-state index contributed by atoms with van der Waals surface area (Å²) >= 11 is 9.79. The van der Waals surface area contributed by atoms with E-state index in [1.165, 1.54) is 5.56 Å². The van der Waals surface area contributed by atoms with Crippen molar-refractivity contribution in [3.63, 3.8) is 0 Å². The van der Waals surface area contributed by atoms with Crippen molar-refractivity contribution < 1.29 is 4.79 Å². The highest BCUT2D eigenvalue weighted by atomic mass is 79.9. The van der Waals surface area contributed by atoms with Crippen LogP contribution in [-0.2, 0) is 13.0 Å². The van der Waals surface area contributed by atoms with Gasteiger partial charge in [0.25, 0.3) is 5.91 Å². The van der Waals surface area contributed by atoms with Gasteiger partial charge in [0.15, 0.2) is 11.3 Å². The molecular formula is C16H12BrClN4O. The second kappa shape index (κ2) is 5.62. The lowest BCUT2D eigenvalue weighted by atomic mass is 9.99. The number of nitrogens with zero attached hydrogens (tertiary/aromatic N) is 4. The standard InChI is InChI=1S/C16H12BrClN4O/c17-12-3-1-2-10-8-21(7-5-11(10)12)16(23)15-13(18)9-22-14(20-15)4-6-19-22/h1-4,6,9H,5,7-8H2. The molecule has 0 radical (unpaired) electrons. The second-order valence-electron chi connectivity index (χ2n) is 5.43. The Morgan fingerprint density at radius 2 is 2.17 bits per heavy atom. The van der Waals surface area contributed by atoms with Gasteiger partial charge in [0.05, 0.1) is 17.4 Å². The number of hydrogen-bond acceptors (Lipinski definition) is 3. The SMILES string of the molecule is O=C(c1nc2ccnn2cc1Cl)N1CCc2c(Br)cccc2C1. The van der Waals surface area contributed by atoms with Gasteiger partial charge >= 0.3 is 0 Å². The Bertz CT molecular complexity index is 924. The van der Waals surface area contributed by atoms with Crippen LogP contribution in [0.1, 0.15) is 21.6 Å². The van der Waals surface area contributed by atoms with E-state index in [-0.39, 0.29) is 11.6 Å². The van der Waals surface area contributed by atoms with Crippen LogP contribution >= 0.6 is 27.5 Å². The summed E-state index contributed by atoms with van der Waals surface area (Å²) in [6.45, 7) is 1.22. The van der Waals surface area contributed by atoms with Crippen molar-refractivity contribution in [1.29, 1.82) is 0 Å². The summed E-state index contributed by atoms with van der Waals surface area (Å²) in [4.78, 5) is 19.0. The molecule has 0 saturated carbocycles. The number of fused-ring (bicyclic) bond motifs is 2. The largest absolute Gasteiger partial charge is 0.333 e. The molecule has 2 aromatic heterocycles. The zero-order valence-electron chi connectivity index (χ0n) is 12.0. The molecule has 1 amide bonds. The van der Waals surface area contributed by atoms with E-state index in [1.807, 2.05) is 12.1 Å². The average molecular weight is 392 g/mol. The Hall–Kier alpha value is -1.92. The summed E-state index contributed by atoms with van der Waals surface area (Å²) in [5.74, 6) is -0.149. The number of benzene rings is 1. The fraction of sp³-hybridized carbons (Fsp3) is 0.188. The number of halogens is 2. The number of aromatic nitrogens is 3. The Kier molecular flexibility index (Phi) is 3.58.